The van der Waals surface area contributed by atoms with E-state index in [0.717, 1.165) is 28.1 Å². The number of aromatic nitrogens is 2. The van der Waals surface area contributed by atoms with Crippen LogP contribution in [-0.4, -0.2) is 34.2 Å². The molecule has 1 heterocycles. The van der Waals surface area contributed by atoms with E-state index in [1.54, 1.807) is 18.1 Å². The fraction of sp³-hybridized carbons (Fsp3) is 0.273. The number of carbonyl (C=O) groups excluding carboxylic acids is 1. The van der Waals surface area contributed by atoms with Crippen LogP contribution in [0, 0.1) is 13.8 Å². The number of hydrogen-bond donors (Lipinski definition) is 0. The smallest absolute Gasteiger partial charge is 0.226 e. The molecule has 140 valence electrons. The lowest BCUT2D eigenvalue weighted by molar-refractivity contribution is -0.130. The van der Waals surface area contributed by atoms with Crippen LogP contribution in [0.2, 0.25) is 0 Å². The van der Waals surface area contributed by atoms with Crippen LogP contribution < -0.4 is 4.74 Å². The fourth-order valence-electron chi connectivity index (χ4n) is 2.98. The molecule has 0 unspecified atom stereocenters. The average Bonchev–Trinajstić information content (AvgIpc) is 3.13. The SMILES string of the molecule is Cc1cccc(C)c1OCCC(=O)N(C)Cc1cnn(-c2ccccc2)c1. The summed E-state index contributed by atoms with van der Waals surface area (Å²) in [4.78, 5) is 14.1. The van der Waals surface area contributed by atoms with Gasteiger partial charge in [0.2, 0.25) is 5.91 Å². The number of carbonyl (C=O) groups is 1. The van der Waals surface area contributed by atoms with Crippen molar-refractivity contribution in [1.29, 1.82) is 0 Å². The zero-order chi connectivity index (χ0) is 19.2. The molecule has 2 aromatic carbocycles. The maximum absolute atomic E-state index is 12.4. The van der Waals surface area contributed by atoms with Crippen molar-refractivity contribution in [3.8, 4) is 11.4 Å². The zero-order valence-corrected chi connectivity index (χ0v) is 16.1. The van der Waals surface area contributed by atoms with Crippen molar-refractivity contribution >= 4 is 5.91 Å². The summed E-state index contributed by atoms with van der Waals surface area (Å²) in [5, 5.41) is 4.37. The second-order valence-corrected chi connectivity index (χ2v) is 6.70. The van der Waals surface area contributed by atoms with Crippen molar-refractivity contribution in [2.45, 2.75) is 26.8 Å². The van der Waals surface area contributed by atoms with Gasteiger partial charge in [0.15, 0.2) is 0 Å². The summed E-state index contributed by atoms with van der Waals surface area (Å²) in [5.74, 6) is 0.922. The maximum Gasteiger partial charge on any atom is 0.226 e. The molecular formula is C22H25N3O2. The number of rotatable bonds is 7. The van der Waals surface area contributed by atoms with E-state index in [2.05, 4.69) is 5.10 Å². The van der Waals surface area contributed by atoms with Crippen LogP contribution in [0.5, 0.6) is 5.75 Å². The van der Waals surface area contributed by atoms with Crippen molar-refractivity contribution in [3.63, 3.8) is 0 Å². The number of amides is 1. The molecule has 3 rings (SSSR count). The quantitative estimate of drug-likeness (QED) is 0.639. The highest BCUT2D eigenvalue weighted by atomic mass is 16.5. The third-order valence-corrected chi connectivity index (χ3v) is 4.47. The highest BCUT2D eigenvalue weighted by Gasteiger charge is 2.12. The van der Waals surface area contributed by atoms with Crippen molar-refractivity contribution in [2.75, 3.05) is 13.7 Å². The van der Waals surface area contributed by atoms with Gasteiger partial charge in [0.1, 0.15) is 5.75 Å². The van der Waals surface area contributed by atoms with Gasteiger partial charge in [0, 0.05) is 25.4 Å². The van der Waals surface area contributed by atoms with Gasteiger partial charge in [0.25, 0.3) is 0 Å². The molecule has 1 aromatic heterocycles. The molecule has 3 aromatic rings. The van der Waals surface area contributed by atoms with Crippen LogP contribution in [0.1, 0.15) is 23.1 Å². The van der Waals surface area contributed by atoms with Crippen LogP contribution in [0.25, 0.3) is 5.69 Å². The first-order valence-corrected chi connectivity index (χ1v) is 9.06. The van der Waals surface area contributed by atoms with E-state index in [1.165, 1.54) is 0 Å². The Hall–Kier alpha value is -3.08. The van der Waals surface area contributed by atoms with Gasteiger partial charge >= 0.3 is 0 Å². The van der Waals surface area contributed by atoms with E-state index in [4.69, 9.17) is 4.74 Å². The number of aryl methyl sites for hydroxylation is 2. The summed E-state index contributed by atoms with van der Waals surface area (Å²) in [7, 11) is 1.81. The number of nitrogens with zero attached hydrogens (tertiary/aromatic N) is 3. The highest BCUT2D eigenvalue weighted by Crippen LogP contribution is 2.22. The summed E-state index contributed by atoms with van der Waals surface area (Å²) < 4.78 is 7.65. The highest BCUT2D eigenvalue weighted by molar-refractivity contribution is 5.76. The molecule has 0 aliphatic heterocycles. The van der Waals surface area contributed by atoms with Crippen molar-refractivity contribution in [3.05, 3.63) is 77.6 Å². The Kier molecular flexibility index (Phi) is 5.91. The number of ether oxygens (including phenoxy) is 1. The predicted octanol–water partition coefficient (Wildman–Crippen LogP) is 3.92. The average molecular weight is 363 g/mol. The molecule has 1 amide bonds. The van der Waals surface area contributed by atoms with Gasteiger partial charge in [0.05, 0.1) is 24.9 Å². The van der Waals surface area contributed by atoms with Gasteiger partial charge in [-0.15, -0.1) is 0 Å². The first-order valence-electron chi connectivity index (χ1n) is 9.06. The van der Waals surface area contributed by atoms with Crippen molar-refractivity contribution in [1.82, 2.24) is 14.7 Å². The standard InChI is InChI=1S/C22H25N3O2/c1-17-8-7-9-18(2)22(17)27-13-12-21(26)24(3)15-19-14-23-25(16-19)20-10-5-4-6-11-20/h4-11,14,16H,12-13,15H2,1-3H3. The molecule has 0 atom stereocenters. The summed E-state index contributed by atoms with van der Waals surface area (Å²) in [6.07, 6.45) is 4.09. The minimum Gasteiger partial charge on any atom is -0.493 e. The molecular weight excluding hydrogens is 338 g/mol. The van der Waals surface area contributed by atoms with Gasteiger partial charge in [-0.3, -0.25) is 4.79 Å². The van der Waals surface area contributed by atoms with Crippen LogP contribution in [-0.2, 0) is 11.3 Å². The Labute approximate surface area is 160 Å². The second kappa shape index (κ2) is 8.54. The topological polar surface area (TPSA) is 47.4 Å². The Morgan fingerprint density at radius 3 is 2.48 bits per heavy atom. The molecule has 0 radical (unpaired) electrons. The van der Waals surface area contributed by atoms with E-state index in [0.29, 0.717) is 19.6 Å². The molecule has 27 heavy (non-hydrogen) atoms. The molecule has 0 N–H and O–H groups in total. The Morgan fingerprint density at radius 1 is 1.07 bits per heavy atom. The van der Waals surface area contributed by atoms with Gasteiger partial charge in [-0.05, 0) is 37.1 Å². The molecule has 5 nitrogen and oxygen atoms in total. The lowest BCUT2D eigenvalue weighted by Crippen LogP contribution is -2.27. The van der Waals surface area contributed by atoms with Crippen LogP contribution >= 0.6 is 0 Å². The first kappa shape index (κ1) is 18.7. The second-order valence-electron chi connectivity index (χ2n) is 6.70. The number of para-hydroxylation sites is 2. The van der Waals surface area contributed by atoms with Crippen LogP contribution in [0.15, 0.2) is 60.9 Å². The number of benzene rings is 2. The first-order chi connectivity index (χ1) is 13.0. The minimum absolute atomic E-state index is 0.0497. The molecule has 0 bridgehead atoms. The third kappa shape index (κ3) is 4.76. The maximum atomic E-state index is 12.4. The van der Waals surface area contributed by atoms with Gasteiger partial charge in [-0.2, -0.15) is 5.10 Å². The van der Waals surface area contributed by atoms with Gasteiger partial charge in [-0.1, -0.05) is 36.4 Å². The summed E-state index contributed by atoms with van der Waals surface area (Å²) in [5.41, 5.74) is 4.17. The molecule has 5 heteroatoms. The summed E-state index contributed by atoms with van der Waals surface area (Å²) >= 11 is 0. The summed E-state index contributed by atoms with van der Waals surface area (Å²) in [6.45, 7) is 4.93. The Balaban J connectivity index is 1.52. The molecule has 0 fully saturated rings. The largest absolute Gasteiger partial charge is 0.493 e. The minimum atomic E-state index is 0.0497. The van der Waals surface area contributed by atoms with E-state index < -0.39 is 0 Å². The van der Waals surface area contributed by atoms with Crippen LogP contribution in [0.4, 0.5) is 0 Å². The van der Waals surface area contributed by atoms with Gasteiger partial charge in [-0.25, -0.2) is 4.68 Å². The normalized spacial score (nSPS) is 10.6. The zero-order valence-electron chi connectivity index (χ0n) is 16.1. The molecule has 0 saturated carbocycles. The fourth-order valence-corrected chi connectivity index (χ4v) is 2.98. The Bertz CT molecular complexity index is 883. The summed E-state index contributed by atoms with van der Waals surface area (Å²) in [6, 6.07) is 16.0. The Morgan fingerprint density at radius 2 is 1.78 bits per heavy atom. The van der Waals surface area contributed by atoms with E-state index >= 15 is 0 Å². The lowest BCUT2D eigenvalue weighted by Gasteiger charge is -2.17. The molecule has 0 saturated heterocycles. The van der Waals surface area contributed by atoms with Gasteiger partial charge < -0.3 is 9.64 Å². The predicted molar refractivity (Wildman–Crippen MR) is 106 cm³/mol. The van der Waals surface area contributed by atoms with Crippen molar-refractivity contribution in [2.24, 2.45) is 0 Å². The number of hydrogen-bond acceptors (Lipinski definition) is 3. The molecule has 0 aliphatic rings. The molecule has 0 aliphatic carbocycles. The van der Waals surface area contributed by atoms with Crippen LogP contribution in [0.3, 0.4) is 0 Å². The third-order valence-electron chi connectivity index (χ3n) is 4.47. The van der Waals surface area contributed by atoms with E-state index in [9.17, 15) is 4.79 Å². The lowest BCUT2D eigenvalue weighted by atomic mass is 10.1. The monoisotopic (exact) mass is 363 g/mol. The van der Waals surface area contributed by atoms with Crippen molar-refractivity contribution < 1.29 is 9.53 Å². The van der Waals surface area contributed by atoms with E-state index in [1.807, 2.05) is 73.3 Å². The van der Waals surface area contributed by atoms with E-state index in [-0.39, 0.29) is 5.91 Å². The molecule has 0 spiro atoms.